The fourth-order valence-electron chi connectivity index (χ4n) is 2.18. The quantitative estimate of drug-likeness (QED) is 0.650. The Morgan fingerprint density at radius 1 is 1.06 bits per heavy atom. The molecule has 0 aliphatic rings. The molecule has 84 valence electrons. The second-order valence-corrected chi connectivity index (χ2v) is 4.27. The minimum Gasteiger partial charge on any atom is -0.341 e. The molecule has 0 fully saturated rings. The number of nitrogens with zero attached hydrogens (tertiary/aromatic N) is 2. The number of aryl methyl sites for hydroxylation is 1. The summed E-state index contributed by atoms with van der Waals surface area (Å²) in [6.45, 7) is 2.97. The van der Waals surface area contributed by atoms with Crippen LogP contribution in [0.15, 0.2) is 54.9 Å². The van der Waals surface area contributed by atoms with Gasteiger partial charge in [0.2, 0.25) is 0 Å². The van der Waals surface area contributed by atoms with Gasteiger partial charge in [-0.1, -0.05) is 18.2 Å². The van der Waals surface area contributed by atoms with Crippen LogP contribution in [-0.2, 0) is 6.54 Å². The lowest BCUT2D eigenvalue weighted by molar-refractivity contribution is 0.807. The van der Waals surface area contributed by atoms with Crippen molar-refractivity contribution in [3.8, 4) is 0 Å². The highest BCUT2D eigenvalue weighted by Crippen LogP contribution is 2.20. The highest BCUT2D eigenvalue weighted by atomic mass is 15.0. The summed E-state index contributed by atoms with van der Waals surface area (Å²) in [7, 11) is 0. The van der Waals surface area contributed by atoms with Crippen molar-refractivity contribution in [2.75, 3.05) is 0 Å². The van der Waals surface area contributed by atoms with Gasteiger partial charge < -0.3 is 4.57 Å². The standard InChI is InChI=1S/C15H14N2/c1-12-5-4-7-15-14(12)8-10-17(15)11-13-6-2-3-9-16-13/h2-10H,11H2,1H3. The molecule has 3 rings (SSSR count). The van der Waals surface area contributed by atoms with Crippen molar-refractivity contribution in [1.82, 2.24) is 9.55 Å². The normalized spacial score (nSPS) is 10.9. The molecule has 17 heavy (non-hydrogen) atoms. The maximum absolute atomic E-state index is 4.36. The predicted octanol–water partition coefficient (Wildman–Crippen LogP) is 3.39. The molecule has 0 aliphatic heterocycles. The lowest BCUT2D eigenvalue weighted by atomic mass is 10.1. The van der Waals surface area contributed by atoms with Gasteiger partial charge in [0.05, 0.1) is 12.2 Å². The van der Waals surface area contributed by atoms with E-state index < -0.39 is 0 Å². The van der Waals surface area contributed by atoms with Gasteiger partial charge in [-0.2, -0.15) is 0 Å². The minimum atomic E-state index is 0.827. The van der Waals surface area contributed by atoms with E-state index in [1.807, 2.05) is 18.3 Å². The number of pyridine rings is 1. The molecule has 0 saturated carbocycles. The summed E-state index contributed by atoms with van der Waals surface area (Å²) >= 11 is 0. The number of hydrogen-bond donors (Lipinski definition) is 0. The Morgan fingerprint density at radius 3 is 2.82 bits per heavy atom. The van der Waals surface area contributed by atoms with Crippen molar-refractivity contribution in [1.29, 1.82) is 0 Å². The monoisotopic (exact) mass is 222 g/mol. The van der Waals surface area contributed by atoms with E-state index in [1.54, 1.807) is 0 Å². The van der Waals surface area contributed by atoms with Crippen molar-refractivity contribution >= 4 is 10.9 Å². The minimum absolute atomic E-state index is 0.827. The first-order chi connectivity index (χ1) is 8.34. The number of benzene rings is 1. The fraction of sp³-hybridized carbons (Fsp3) is 0.133. The van der Waals surface area contributed by atoms with Gasteiger partial charge in [0.15, 0.2) is 0 Å². The highest BCUT2D eigenvalue weighted by molar-refractivity contribution is 5.83. The van der Waals surface area contributed by atoms with E-state index in [2.05, 4.69) is 53.0 Å². The van der Waals surface area contributed by atoms with E-state index in [-0.39, 0.29) is 0 Å². The second-order valence-electron chi connectivity index (χ2n) is 4.27. The third-order valence-electron chi connectivity index (χ3n) is 3.09. The van der Waals surface area contributed by atoms with E-state index in [9.17, 15) is 0 Å². The van der Waals surface area contributed by atoms with Crippen LogP contribution >= 0.6 is 0 Å². The van der Waals surface area contributed by atoms with Crippen molar-refractivity contribution < 1.29 is 0 Å². The van der Waals surface area contributed by atoms with Crippen LogP contribution in [0.3, 0.4) is 0 Å². The lowest BCUT2D eigenvalue weighted by Gasteiger charge is -2.05. The summed E-state index contributed by atoms with van der Waals surface area (Å²) in [5.41, 5.74) is 3.68. The molecule has 0 aliphatic carbocycles. The Kier molecular flexibility index (Phi) is 2.41. The molecular formula is C15H14N2. The zero-order valence-electron chi connectivity index (χ0n) is 9.80. The van der Waals surface area contributed by atoms with E-state index in [0.29, 0.717) is 0 Å². The molecule has 0 atom stereocenters. The van der Waals surface area contributed by atoms with Crippen molar-refractivity contribution in [2.24, 2.45) is 0 Å². The van der Waals surface area contributed by atoms with Gasteiger partial charge in [-0.3, -0.25) is 4.98 Å². The molecule has 0 amide bonds. The van der Waals surface area contributed by atoms with Gasteiger partial charge in [-0.05, 0) is 36.8 Å². The summed E-state index contributed by atoms with van der Waals surface area (Å²) in [6, 6.07) is 14.6. The Balaban J connectivity index is 2.05. The van der Waals surface area contributed by atoms with E-state index in [1.165, 1.54) is 16.5 Å². The highest BCUT2D eigenvalue weighted by Gasteiger charge is 2.03. The second kappa shape index (κ2) is 4.06. The molecule has 0 saturated heterocycles. The van der Waals surface area contributed by atoms with Gasteiger partial charge in [0.25, 0.3) is 0 Å². The van der Waals surface area contributed by atoms with Crippen molar-refractivity contribution in [3.63, 3.8) is 0 Å². The van der Waals surface area contributed by atoms with E-state index >= 15 is 0 Å². The molecule has 0 N–H and O–H groups in total. The van der Waals surface area contributed by atoms with E-state index in [0.717, 1.165) is 12.2 Å². The van der Waals surface area contributed by atoms with Crippen LogP contribution in [0.5, 0.6) is 0 Å². The molecular weight excluding hydrogens is 208 g/mol. The van der Waals surface area contributed by atoms with Gasteiger partial charge in [-0.25, -0.2) is 0 Å². The summed E-state index contributed by atoms with van der Waals surface area (Å²) in [5.74, 6) is 0. The number of hydrogen-bond acceptors (Lipinski definition) is 1. The molecule has 1 aromatic carbocycles. The summed E-state index contributed by atoms with van der Waals surface area (Å²) < 4.78 is 2.24. The van der Waals surface area contributed by atoms with Gasteiger partial charge in [0.1, 0.15) is 0 Å². The average molecular weight is 222 g/mol. The molecule has 0 unspecified atom stereocenters. The summed E-state index contributed by atoms with van der Waals surface area (Å²) in [4.78, 5) is 4.36. The molecule has 3 aromatic rings. The smallest absolute Gasteiger partial charge is 0.0648 e. The summed E-state index contributed by atoms with van der Waals surface area (Å²) in [6.07, 6.45) is 3.97. The third kappa shape index (κ3) is 1.82. The Labute approximate surface area is 101 Å². The topological polar surface area (TPSA) is 17.8 Å². The molecule has 2 aromatic heterocycles. The van der Waals surface area contributed by atoms with Crippen LogP contribution in [0.1, 0.15) is 11.3 Å². The SMILES string of the molecule is Cc1cccc2c1ccn2Cc1ccccn1. The van der Waals surface area contributed by atoms with E-state index in [4.69, 9.17) is 0 Å². The molecule has 2 nitrogen and oxygen atoms in total. The Bertz CT molecular complexity index is 638. The number of rotatable bonds is 2. The molecule has 0 spiro atoms. The molecule has 2 heterocycles. The molecule has 0 bridgehead atoms. The largest absolute Gasteiger partial charge is 0.341 e. The first-order valence-electron chi connectivity index (χ1n) is 5.79. The van der Waals surface area contributed by atoms with Crippen LogP contribution in [0.2, 0.25) is 0 Å². The van der Waals surface area contributed by atoms with Crippen LogP contribution in [0.25, 0.3) is 10.9 Å². The van der Waals surface area contributed by atoms with Crippen molar-refractivity contribution in [2.45, 2.75) is 13.5 Å². The summed E-state index contributed by atoms with van der Waals surface area (Å²) in [5, 5.41) is 1.32. The Morgan fingerprint density at radius 2 is 2.00 bits per heavy atom. The molecule has 0 radical (unpaired) electrons. The van der Waals surface area contributed by atoms with Crippen molar-refractivity contribution in [3.05, 3.63) is 66.1 Å². The first-order valence-corrected chi connectivity index (χ1v) is 5.79. The fourth-order valence-corrected chi connectivity index (χ4v) is 2.18. The van der Waals surface area contributed by atoms with Crippen LogP contribution < -0.4 is 0 Å². The zero-order chi connectivity index (χ0) is 11.7. The Hall–Kier alpha value is -2.09. The predicted molar refractivity (Wildman–Crippen MR) is 70.0 cm³/mol. The zero-order valence-corrected chi connectivity index (χ0v) is 9.80. The van der Waals surface area contributed by atoms with Crippen LogP contribution in [-0.4, -0.2) is 9.55 Å². The van der Waals surface area contributed by atoms with Crippen LogP contribution in [0.4, 0.5) is 0 Å². The van der Waals surface area contributed by atoms with Gasteiger partial charge in [0, 0.05) is 23.3 Å². The maximum atomic E-state index is 4.36. The van der Waals surface area contributed by atoms with Gasteiger partial charge in [-0.15, -0.1) is 0 Å². The van der Waals surface area contributed by atoms with Crippen LogP contribution in [0, 0.1) is 6.92 Å². The first kappa shape index (κ1) is 10.1. The average Bonchev–Trinajstić information content (AvgIpc) is 2.76. The maximum Gasteiger partial charge on any atom is 0.0648 e. The molecule has 2 heteroatoms. The lowest BCUT2D eigenvalue weighted by Crippen LogP contribution is -1.99. The number of aromatic nitrogens is 2. The number of fused-ring (bicyclic) bond motifs is 1. The third-order valence-corrected chi connectivity index (χ3v) is 3.09. The van der Waals surface area contributed by atoms with Gasteiger partial charge >= 0.3 is 0 Å².